The highest BCUT2D eigenvalue weighted by molar-refractivity contribution is 7.09. The maximum absolute atomic E-state index is 13.4. The predicted molar refractivity (Wildman–Crippen MR) is 189 cm³/mol. The van der Waals surface area contributed by atoms with E-state index in [-0.39, 0.29) is 25.6 Å². The maximum atomic E-state index is 13.4. The standard InChI is InChI=1S/C35H62N4O10S/c1-9-26-35(8,45)30(42)22(4)28(39-46-16-14-36-12-13-37-19-27-38-15-17-50-27)20(2)18-34(7,44)31(23(5)29(41)24(6)32(43)48-26)49-33-25(40)11-10-21(3)47-33/h15,17,20-26,29-31,33,36-37,40-42,44-45H,9-14,16,18-19H2,1-8H3/t20-,21-,22+,23+,24-,25+,26-,29+,30+,31+,33+,34-,35-/m1/s1. The molecule has 0 aromatic carbocycles. The number of aromatic nitrogens is 1. The quantitative estimate of drug-likeness (QED) is 0.0935. The van der Waals surface area contributed by atoms with Crippen LogP contribution < -0.4 is 10.6 Å². The molecular weight excluding hydrogens is 668 g/mol. The summed E-state index contributed by atoms with van der Waals surface area (Å²) in [5.41, 5.74) is -3.17. The van der Waals surface area contributed by atoms with E-state index in [1.807, 2.05) is 19.2 Å². The number of aliphatic hydroxyl groups excluding tert-OH is 3. The van der Waals surface area contributed by atoms with Gasteiger partial charge in [0.1, 0.15) is 29.4 Å². The van der Waals surface area contributed by atoms with Crippen LogP contribution in [0.5, 0.6) is 0 Å². The van der Waals surface area contributed by atoms with E-state index in [1.54, 1.807) is 45.2 Å². The normalized spacial score (nSPS) is 40.3. The van der Waals surface area contributed by atoms with Crippen LogP contribution in [-0.2, 0) is 30.4 Å². The molecule has 7 N–H and O–H groups in total. The highest BCUT2D eigenvalue weighted by atomic mass is 32.1. The molecule has 2 fully saturated rings. The summed E-state index contributed by atoms with van der Waals surface area (Å²) < 4.78 is 18.0. The zero-order valence-corrected chi connectivity index (χ0v) is 31.8. The minimum Gasteiger partial charge on any atom is -0.459 e. The van der Waals surface area contributed by atoms with Crippen molar-refractivity contribution in [2.45, 2.75) is 142 Å². The third-order valence-electron chi connectivity index (χ3n) is 10.2. The highest BCUT2D eigenvalue weighted by Gasteiger charge is 2.50. The molecule has 0 radical (unpaired) electrons. The van der Waals surface area contributed by atoms with Crippen LogP contribution in [0.3, 0.4) is 0 Å². The molecule has 0 saturated carbocycles. The first-order chi connectivity index (χ1) is 23.5. The molecule has 50 heavy (non-hydrogen) atoms. The zero-order chi connectivity index (χ0) is 37.2. The molecule has 2 saturated heterocycles. The summed E-state index contributed by atoms with van der Waals surface area (Å²) in [7, 11) is 0. The van der Waals surface area contributed by atoms with E-state index in [4.69, 9.17) is 19.0 Å². The molecule has 0 aliphatic carbocycles. The minimum atomic E-state index is -1.89. The summed E-state index contributed by atoms with van der Waals surface area (Å²) in [6, 6.07) is 0. The number of hydrogen-bond acceptors (Lipinski definition) is 15. The summed E-state index contributed by atoms with van der Waals surface area (Å²) in [5, 5.41) is 71.7. The monoisotopic (exact) mass is 730 g/mol. The van der Waals surface area contributed by atoms with Gasteiger partial charge in [0.15, 0.2) is 6.29 Å². The van der Waals surface area contributed by atoms with Crippen LogP contribution in [0.2, 0.25) is 0 Å². The van der Waals surface area contributed by atoms with Crippen molar-refractivity contribution >= 4 is 23.0 Å². The number of oxime groups is 1. The van der Waals surface area contributed by atoms with Crippen LogP contribution in [0.1, 0.15) is 86.1 Å². The van der Waals surface area contributed by atoms with Gasteiger partial charge in [0.25, 0.3) is 0 Å². The number of hydrogen-bond donors (Lipinski definition) is 7. The largest absolute Gasteiger partial charge is 0.459 e. The van der Waals surface area contributed by atoms with Gasteiger partial charge in [-0.05, 0) is 53.4 Å². The molecule has 15 heteroatoms. The van der Waals surface area contributed by atoms with Gasteiger partial charge in [-0.2, -0.15) is 0 Å². The fourth-order valence-corrected chi connectivity index (χ4v) is 7.65. The van der Waals surface area contributed by atoms with Crippen molar-refractivity contribution in [1.82, 2.24) is 15.6 Å². The molecule has 1 aromatic heterocycles. The van der Waals surface area contributed by atoms with Crippen LogP contribution in [0, 0.1) is 23.7 Å². The lowest BCUT2D eigenvalue weighted by molar-refractivity contribution is -0.289. The molecule has 3 heterocycles. The number of rotatable bonds is 12. The first-order valence-electron chi connectivity index (χ1n) is 18.0. The van der Waals surface area contributed by atoms with E-state index in [9.17, 15) is 30.3 Å². The van der Waals surface area contributed by atoms with E-state index < -0.39 is 77.7 Å². The molecule has 0 unspecified atom stereocenters. The fourth-order valence-electron chi connectivity index (χ4n) is 7.07. The first-order valence-corrected chi connectivity index (χ1v) is 18.9. The van der Waals surface area contributed by atoms with E-state index in [0.29, 0.717) is 38.2 Å². The molecule has 13 atom stereocenters. The number of nitrogens with zero attached hydrogens (tertiary/aromatic N) is 2. The van der Waals surface area contributed by atoms with Crippen molar-refractivity contribution in [3.63, 3.8) is 0 Å². The topological polar surface area (TPSA) is 204 Å². The zero-order valence-electron chi connectivity index (χ0n) is 30.9. The number of cyclic esters (lactones) is 1. The van der Waals surface area contributed by atoms with Crippen molar-refractivity contribution in [1.29, 1.82) is 0 Å². The molecule has 3 rings (SSSR count). The number of thiazole rings is 1. The van der Waals surface area contributed by atoms with Gasteiger partial charge in [-0.25, -0.2) is 4.98 Å². The Kier molecular flexibility index (Phi) is 16.5. The SMILES string of the molecule is CC[C@H]1OC(=O)[C@H](C)[C@@H](O)[C@H](C)[C@H](O[C@@H]2O[C@H](C)CC[C@@H]2O)[C@](C)(O)C[C@@H](C)C(=NOCCNCCNCc2nccs2)[C@H](C)[C@H](O)[C@]1(C)O. The van der Waals surface area contributed by atoms with Gasteiger partial charge in [-0.15, -0.1) is 11.3 Å². The van der Waals surface area contributed by atoms with Crippen molar-refractivity contribution in [2.75, 3.05) is 26.2 Å². The molecular formula is C35H62N4O10S. The number of ether oxygens (including phenoxy) is 3. The minimum absolute atomic E-state index is 0.0353. The Morgan fingerprint density at radius 1 is 1.04 bits per heavy atom. The van der Waals surface area contributed by atoms with Gasteiger partial charge in [-0.3, -0.25) is 4.79 Å². The molecule has 0 spiro atoms. The Hall–Kier alpha value is -1.79. The van der Waals surface area contributed by atoms with Crippen molar-refractivity contribution in [3.05, 3.63) is 16.6 Å². The Morgan fingerprint density at radius 2 is 1.74 bits per heavy atom. The molecule has 288 valence electrons. The van der Waals surface area contributed by atoms with Crippen molar-refractivity contribution < 1.29 is 49.4 Å². The van der Waals surface area contributed by atoms with E-state index in [1.165, 1.54) is 13.8 Å². The van der Waals surface area contributed by atoms with Crippen LogP contribution in [0.4, 0.5) is 0 Å². The van der Waals surface area contributed by atoms with Crippen LogP contribution >= 0.6 is 11.3 Å². The van der Waals surface area contributed by atoms with Gasteiger partial charge < -0.3 is 55.2 Å². The van der Waals surface area contributed by atoms with Crippen molar-refractivity contribution in [2.24, 2.45) is 28.8 Å². The molecule has 0 amide bonds. The molecule has 0 bridgehead atoms. The lowest BCUT2D eigenvalue weighted by Gasteiger charge is -2.45. The Labute approximate surface area is 300 Å². The number of aliphatic hydroxyl groups is 5. The summed E-state index contributed by atoms with van der Waals surface area (Å²) in [4.78, 5) is 23.4. The number of esters is 1. The van der Waals surface area contributed by atoms with E-state index in [2.05, 4.69) is 20.8 Å². The Morgan fingerprint density at radius 3 is 2.40 bits per heavy atom. The molecule has 2 aliphatic heterocycles. The second kappa shape index (κ2) is 19.3. The molecule has 2 aliphatic rings. The first kappa shape index (κ1) is 42.6. The Bertz CT molecular complexity index is 1190. The van der Waals surface area contributed by atoms with Crippen molar-refractivity contribution in [3.8, 4) is 0 Å². The summed E-state index contributed by atoms with van der Waals surface area (Å²) in [6.07, 6.45) is -4.11. The third-order valence-corrected chi connectivity index (χ3v) is 10.9. The number of nitrogens with one attached hydrogen (secondary N) is 2. The van der Waals surface area contributed by atoms with E-state index in [0.717, 1.165) is 11.6 Å². The second-order valence-electron chi connectivity index (χ2n) is 14.6. The fraction of sp³-hybridized carbons (Fsp3) is 0.857. The van der Waals surface area contributed by atoms with Crippen LogP contribution in [0.15, 0.2) is 16.7 Å². The average molecular weight is 731 g/mol. The number of carbonyl (C=O) groups is 1. The van der Waals surface area contributed by atoms with Gasteiger partial charge in [-0.1, -0.05) is 32.9 Å². The summed E-state index contributed by atoms with van der Waals surface area (Å²) >= 11 is 1.60. The maximum Gasteiger partial charge on any atom is 0.311 e. The van der Waals surface area contributed by atoms with Gasteiger partial charge in [0, 0.05) is 55.5 Å². The van der Waals surface area contributed by atoms with E-state index >= 15 is 0 Å². The average Bonchev–Trinajstić information content (AvgIpc) is 3.59. The molecule has 1 aromatic rings. The van der Waals surface area contributed by atoms with Crippen LogP contribution in [-0.4, -0.2) is 123 Å². The predicted octanol–water partition coefficient (Wildman–Crippen LogP) is 1.96. The summed E-state index contributed by atoms with van der Waals surface area (Å²) in [6.45, 7) is 16.1. The highest BCUT2D eigenvalue weighted by Crippen LogP contribution is 2.37. The number of carbonyl (C=O) groups excluding carboxylic acids is 1. The lowest BCUT2D eigenvalue weighted by Crippen LogP contribution is -2.58. The molecule has 14 nitrogen and oxygen atoms in total. The van der Waals surface area contributed by atoms with Crippen LogP contribution in [0.25, 0.3) is 0 Å². The Balaban J connectivity index is 1.86. The smallest absolute Gasteiger partial charge is 0.311 e. The van der Waals surface area contributed by atoms with Gasteiger partial charge in [0.05, 0.1) is 41.6 Å². The van der Waals surface area contributed by atoms with Gasteiger partial charge >= 0.3 is 5.97 Å². The second-order valence-corrected chi connectivity index (χ2v) is 15.6. The summed E-state index contributed by atoms with van der Waals surface area (Å²) in [5.74, 6) is -4.00. The lowest BCUT2D eigenvalue weighted by atomic mass is 9.73. The third kappa shape index (κ3) is 11.4. The van der Waals surface area contributed by atoms with Gasteiger partial charge in [0.2, 0.25) is 0 Å².